The second-order valence-corrected chi connectivity index (χ2v) is 19.8. The highest BCUT2D eigenvalue weighted by Gasteiger charge is 2.23. The fraction of sp³-hybridized carbons (Fsp3) is 0.0164. The average molecular weight is 1320 g/mol. The van der Waals surface area contributed by atoms with E-state index in [0.717, 1.165) is 6.07 Å². The summed E-state index contributed by atoms with van der Waals surface area (Å²) < 4.78 is 82.7. The summed E-state index contributed by atoms with van der Waals surface area (Å²) in [6.45, 7) is 0. The van der Waals surface area contributed by atoms with Crippen molar-refractivity contribution in [3.05, 3.63) is 264 Å². The van der Waals surface area contributed by atoms with Crippen LogP contribution in [0.25, 0.3) is 0 Å². The summed E-state index contributed by atoms with van der Waals surface area (Å²) in [5, 5.41) is 34.4. The van der Waals surface area contributed by atoms with Crippen molar-refractivity contribution in [1.82, 2.24) is 15.0 Å². The molecule has 0 radical (unpaired) electrons. The number of nitrogen functional groups attached to an aromatic ring is 1. The van der Waals surface area contributed by atoms with E-state index in [1.165, 1.54) is 123 Å². The fourth-order valence-corrected chi connectivity index (χ4v) is 7.91. The molecule has 0 unspecified atom stereocenters. The molecule has 0 atom stereocenters. The minimum absolute atomic E-state index is 0.120. The van der Waals surface area contributed by atoms with Crippen molar-refractivity contribution in [2.24, 2.45) is 27.3 Å². The lowest BCUT2D eigenvalue weighted by Crippen LogP contribution is -2.20. The molecule has 0 aliphatic carbocycles. The van der Waals surface area contributed by atoms with Gasteiger partial charge in [0.05, 0.1) is 48.8 Å². The smallest absolute Gasteiger partial charge is 0.259 e. The van der Waals surface area contributed by atoms with Gasteiger partial charge >= 0.3 is 0 Å². The first kappa shape index (κ1) is 67.8. The Morgan fingerprint density at radius 1 is 0.391 bits per heavy atom. The Balaban J connectivity index is 0.000000196. The van der Waals surface area contributed by atoms with Crippen LogP contribution in [-0.4, -0.2) is 80.2 Å². The zero-order chi connectivity index (χ0) is 66.9. The number of nitrogens with two attached hydrogens (primary N) is 3. The Morgan fingerprint density at radius 3 is 0.902 bits per heavy atom. The lowest BCUT2D eigenvalue weighted by Gasteiger charge is -2.12. The van der Waals surface area contributed by atoms with Crippen LogP contribution in [0.15, 0.2) is 174 Å². The van der Waals surface area contributed by atoms with Crippen LogP contribution >= 0.6 is 34.8 Å². The number of anilines is 6. The van der Waals surface area contributed by atoms with Gasteiger partial charge in [-0.2, -0.15) is 0 Å². The van der Waals surface area contributed by atoms with Crippen LogP contribution in [0, 0.1) is 40.3 Å². The van der Waals surface area contributed by atoms with Crippen LogP contribution in [-0.2, 0) is 0 Å². The quantitative estimate of drug-likeness (QED) is 0.0150. The topological polar surface area (TPSA) is 360 Å². The highest BCUT2D eigenvalue weighted by atomic mass is 35.5. The maximum Gasteiger partial charge on any atom is 0.259 e. The summed E-state index contributed by atoms with van der Waals surface area (Å²) in [5.41, 5.74) is 16.8. The summed E-state index contributed by atoms with van der Waals surface area (Å²) in [5.74, 6) is -11.6. The Kier molecular flexibility index (Phi) is 22.8. The van der Waals surface area contributed by atoms with E-state index in [1.54, 1.807) is 12.1 Å². The number of amidine groups is 3. The van der Waals surface area contributed by atoms with E-state index in [0.29, 0.717) is 67.9 Å². The molecule has 0 aliphatic heterocycles. The largest absolute Gasteiger partial charge is 0.409 e. The van der Waals surface area contributed by atoms with Crippen molar-refractivity contribution in [2.45, 2.75) is 0 Å². The Hall–Kier alpha value is -11.8. The number of rotatable bonds is 15. The maximum absolute atomic E-state index is 13.8. The molecule has 0 spiro atoms. The molecule has 468 valence electrons. The second kappa shape index (κ2) is 30.9. The Morgan fingerprint density at radius 2 is 0.652 bits per heavy atom. The minimum atomic E-state index is -1.27. The SMILES string of the molecule is CN=C(N)c1ccc(C(=O)Nc2cc(F)c(F)cc2C(=O)Nc2ccc(Cl)cn2)cc1.N=C(N)c1ccc(C(=O)Nc2cc(F)c(F)cc2C(=O)Nc2ccc(Cl)cn2)cc1.NC(=NO)c1ccc(C(=O)Nc2cc(F)c(F)cc2C(=O)Nc2ccc(Cl)cn2)cc1. The van der Waals surface area contributed by atoms with Gasteiger partial charge in [-0.1, -0.05) is 76.4 Å². The molecule has 31 heteroatoms. The normalized spacial score (nSPS) is 10.9. The predicted molar refractivity (Wildman–Crippen MR) is 334 cm³/mol. The predicted octanol–water partition coefficient (Wildman–Crippen LogP) is 11.3. The first-order valence-electron chi connectivity index (χ1n) is 25.9. The summed E-state index contributed by atoms with van der Waals surface area (Å²) in [4.78, 5) is 90.9. The molecule has 92 heavy (non-hydrogen) atoms. The van der Waals surface area contributed by atoms with Crippen LogP contribution in [0.1, 0.15) is 78.8 Å². The highest BCUT2D eigenvalue weighted by molar-refractivity contribution is 6.31. The summed E-state index contributed by atoms with van der Waals surface area (Å²) in [7, 11) is 1.53. The fourth-order valence-electron chi connectivity index (χ4n) is 7.57. The molecule has 3 aromatic heterocycles. The molecule has 14 N–H and O–H groups in total. The van der Waals surface area contributed by atoms with Gasteiger partial charge < -0.3 is 54.3 Å². The van der Waals surface area contributed by atoms with Crippen molar-refractivity contribution < 1.29 is 60.3 Å². The Labute approximate surface area is 531 Å². The molecule has 0 aliphatic rings. The molecule has 0 saturated heterocycles. The number of hydrogen-bond acceptors (Lipinski definition) is 13. The molecular weight excluding hydrogens is 1280 g/mol. The number of nitrogens with one attached hydrogen (secondary N) is 7. The third kappa shape index (κ3) is 18.2. The Bertz CT molecular complexity index is 4160. The number of amides is 6. The number of nitrogens with zero attached hydrogens (tertiary/aromatic N) is 5. The molecule has 22 nitrogen and oxygen atoms in total. The third-order valence-corrected chi connectivity index (χ3v) is 12.9. The van der Waals surface area contributed by atoms with Gasteiger partial charge in [0.25, 0.3) is 35.4 Å². The van der Waals surface area contributed by atoms with Crippen LogP contribution in [0.5, 0.6) is 0 Å². The number of halogens is 9. The number of oxime groups is 1. The lowest BCUT2D eigenvalue weighted by molar-refractivity contribution is 0.101. The molecule has 6 amide bonds. The molecule has 0 saturated carbocycles. The van der Waals surface area contributed by atoms with Crippen LogP contribution < -0.4 is 49.1 Å². The van der Waals surface area contributed by atoms with Gasteiger partial charge in [0.1, 0.15) is 29.1 Å². The van der Waals surface area contributed by atoms with E-state index >= 15 is 0 Å². The van der Waals surface area contributed by atoms with Gasteiger partial charge in [-0.15, -0.1) is 0 Å². The summed E-state index contributed by atoms with van der Waals surface area (Å²) >= 11 is 17.2. The van der Waals surface area contributed by atoms with Crippen LogP contribution in [0.2, 0.25) is 15.1 Å². The van der Waals surface area contributed by atoms with Gasteiger partial charge in [0.15, 0.2) is 40.7 Å². The van der Waals surface area contributed by atoms with E-state index in [9.17, 15) is 55.1 Å². The van der Waals surface area contributed by atoms with E-state index in [2.05, 4.69) is 57.0 Å². The zero-order valence-corrected chi connectivity index (χ0v) is 49.1. The van der Waals surface area contributed by atoms with E-state index < -0.39 is 70.3 Å². The number of hydrogen-bond donors (Lipinski definition) is 11. The van der Waals surface area contributed by atoms with Gasteiger partial charge in [-0.05, 0) is 91.0 Å². The first-order valence-corrected chi connectivity index (χ1v) is 27.0. The monoisotopic (exact) mass is 1320 g/mol. The molecule has 6 aromatic carbocycles. The standard InChI is InChI=1S/C21H16ClF2N5O2.C20H14ClF2N5O3.C20H14ClF2N5O2/c1-26-19(25)11-2-4-12(5-3-11)20(30)28-17-9-16(24)15(23)8-14(17)21(31)29-18-7-6-13(22)10-27-18;21-12-5-6-17(25-9-12)27-20(30)13-7-14(22)15(23)8-16(13)26-19(29)11-3-1-10(2-4-11)18(24)28-31;21-12-5-6-17(26-9-12)28-20(30)13-7-14(22)15(23)8-16(13)27-19(29)11-3-1-10(2-4-11)18(24)25/h2-10H,1H3,(H2,25,26)(H,28,30)(H,27,29,31);1-9,31H,(H2,24,28)(H,26,29)(H,25,27,30);1-9H,(H3,24,25)(H,27,29)(H,26,28,30). The minimum Gasteiger partial charge on any atom is -0.409 e. The zero-order valence-electron chi connectivity index (χ0n) is 46.9. The third-order valence-electron chi connectivity index (χ3n) is 12.3. The van der Waals surface area contributed by atoms with Crippen molar-refractivity contribution >= 4 is 122 Å². The van der Waals surface area contributed by atoms with Gasteiger partial charge in [0.2, 0.25) is 0 Å². The number of carbonyl (C=O) groups is 6. The average Bonchev–Trinajstić information content (AvgIpc) is 0.883. The first-order chi connectivity index (χ1) is 43.8. The van der Waals surface area contributed by atoms with E-state index in [-0.39, 0.29) is 79.6 Å². The number of carbonyl (C=O) groups excluding carboxylic acids is 6. The molecule has 9 rings (SSSR count). The summed E-state index contributed by atoms with van der Waals surface area (Å²) in [6, 6.07) is 30.4. The van der Waals surface area contributed by atoms with Crippen LogP contribution in [0.4, 0.5) is 60.9 Å². The van der Waals surface area contributed by atoms with Gasteiger partial charge in [-0.3, -0.25) is 39.2 Å². The van der Waals surface area contributed by atoms with Gasteiger partial charge in [0, 0.05) is 77.2 Å². The molecular formula is C61H44Cl3F6N15O7. The summed E-state index contributed by atoms with van der Waals surface area (Å²) in [6.07, 6.45) is 3.91. The second-order valence-electron chi connectivity index (χ2n) is 18.5. The number of benzene rings is 6. The van der Waals surface area contributed by atoms with Crippen molar-refractivity contribution in [1.29, 1.82) is 5.41 Å². The number of aliphatic imine (C=N–C) groups is 1. The van der Waals surface area contributed by atoms with Gasteiger partial charge in [-0.25, -0.2) is 41.3 Å². The maximum atomic E-state index is 13.8. The van der Waals surface area contributed by atoms with Crippen molar-refractivity contribution in [3.63, 3.8) is 0 Å². The number of pyridine rings is 3. The molecule has 0 bridgehead atoms. The van der Waals surface area contributed by atoms with E-state index in [4.69, 9.17) is 62.6 Å². The van der Waals surface area contributed by atoms with Crippen LogP contribution in [0.3, 0.4) is 0 Å². The lowest BCUT2D eigenvalue weighted by atomic mass is 10.1. The molecule has 9 aromatic rings. The van der Waals surface area contributed by atoms with Crippen molar-refractivity contribution in [2.75, 3.05) is 38.9 Å². The van der Waals surface area contributed by atoms with Crippen molar-refractivity contribution in [3.8, 4) is 0 Å². The molecule has 0 fully saturated rings. The molecule has 3 heterocycles. The number of aromatic nitrogens is 3. The highest BCUT2D eigenvalue weighted by Crippen LogP contribution is 2.27. The van der Waals surface area contributed by atoms with E-state index in [1.807, 2.05) is 0 Å².